The van der Waals surface area contributed by atoms with Crippen molar-refractivity contribution < 1.29 is 19.1 Å². The van der Waals surface area contributed by atoms with Crippen molar-refractivity contribution in [3.05, 3.63) is 65.2 Å². The second kappa shape index (κ2) is 10.9. The lowest BCUT2D eigenvalue weighted by molar-refractivity contribution is -0.136. The van der Waals surface area contributed by atoms with Crippen LogP contribution in [0.1, 0.15) is 18.1 Å². The molecule has 8 heteroatoms. The van der Waals surface area contributed by atoms with Gasteiger partial charge in [0.05, 0.1) is 12.8 Å². The largest absolute Gasteiger partial charge is 0.490 e. The molecule has 2 aromatic rings. The van der Waals surface area contributed by atoms with Crippen LogP contribution in [0.4, 0.5) is 5.69 Å². The Balaban J connectivity index is 1.99. The third-order valence-corrected chi connectivity index (χ3v) is 3.89. The molecule has 2 aromatic carbocycles. The van der Waals surface area contributed by atoms with E-state index in [0.717, 1.165) is 5.56 Å². The predicted octanol–water partition coefficient (Wildman–Crippen LogP) is 3.70. The van der Waals surface area contributed by atoms with Crippen molar-refractivity contribution in [1.82, 2.24) is 5.43 Å². The van der Waals surface area contributed by atoms with Gasteiger partial charge in [-0.2, -0.15) is 5.10 Å². The SMILES string of the molecule is C=CCOc1ccc(/C=N/NC(=O)C(=O)Nc2cc(Cl)ccc2C)cc1OCC. The third-order valence-electron chi connectivity index (χ3n) is 3.66. The number of carbonyl (C=O) groups excluding carboxylic acids is 2. The Morgan fingerprint density at radius 3 is 2.66 bits per heavy atom. The zero-order valence-electron chi connectivity index (χ0n) is 16.2. The number of halogens is 1. The molecule has 0 spiro atoms. The summed E-state index contributed by atoms with van der Waals surface area (Å²) in [5.41, 5.74) is 4.08. The van der Waals surface area contributed by atoms with Crippen molar-refractivity contribution in [2.45, 2.75) is 13.8 Å². The Hall–Kier alpha value is -3.32. The first-order chi connectivity index (χ1) is 13.9. The van der Waals surface area contributed by atoms with Crippen molar-refractivity contribution in [2.24, 2.45) is 5.10 Å². The summed E-state index contributed by atoms with van der Waals surface area (Å²) in [6.45, 7) is 8.08. The number of carbonyl (C=O) groups is 2. The molecular weight excluding hydrogens is 394 g/mol. The van der Waals surface area contributed by atoms with Crippen molar-refractivity contribution in [3.63, 3.8) is 0 Å². The number of aryl methyl sites for hydroxylation is 1. The van der Waals surface area contributed by atoms with Crippen molar-refractivity contribution in [1.29, 1.82) is 0 Å². The van der Waals surface area contributed by atoms with Gasteiger partial charge in [-0.15, -0.1) is 0 Å². The van der Waals surface area contributed by atoms with Crippen LogP contribution in [0, 0.1) is 6.92 Å². The summed E-state index contributed by atoms with van der Waals surface area (Å²) >= 11 is 5.91. The molecule has 7 nitrogen and oxygen atoms in total. The van der Waals surface area contributed by atoms with Crippen molar-refractivity contribution in [3.8, 4) is 11.5 Å². The number of anilines is 1. The monoisotopic (exact) mass is 415 g/mol. The zero-order valence-corrected chi connectivity index (χ0v) is 17.0. The highest BCUT2D eigenvalue weighted by Gasteiger charge is 2.14. The Morgan fingerprint density at radius 1 is 1.14 bits per heavy atom. The van der Waals surface area contributed by atoms with Gasteiger partial charge in [0.2, 0.25) is 0 Å². The van der Waals surface area contributed by atoms with E-state index in [1.54, 1.807) is 49.4 Å². The molecule has 0 fully saturated rings. The van der Waals surface area contributed by atoms with Gasteiger partial charge in [0, 0.05) is 10.7 Å². The summed E-state index contributed by atoms with van der Waals surface area (Å²) in [5.74, 6) is -0.643. The summed E-state index contributed by atoms with van der Waals surface area (Å²) in [6, 6.07) is 10.2. The fraction of sp³-hybridized carbons (Fsp3) is 0.190. The molecule has 152 valence electrons. The van der Waals surface area contributed by atoms with Crippen LogP contribution in [0.15, 0.2) is 54.2 Å². The predicted molar refractivity (Wildman–Crippen MR) is 114 cm³/mol. The molecule has 0 bridgehead atoms. The number of benzene rings is 2. The van der Waals surface area contributed by atoms with Gasteiger partial charge in [0.1, 0.15) is 6.61 Å². The fourth-order valence-electron chi connectivity index (χ4n) is 2.27. The van der Waals surface area contributed by atoms with Crippen LogP contribution in [0.3, 0.4) is 0 Å². The smallest absolute Gasteiger partial charge is 0.329 e. The lowest BCUT2D eigenvalue weighted by Gasteiger charge is -2.11. The minimum absolute atomic E-state index is 0.352. The first-order valence-corrected chi connectivity index (χ1v) is 9.23. The Morgan fingerprint density at radius 2 is 1.93 bits per heavy atom. The molecule has 0 heterocycles. The molecule has 0 radical (unpaired) electrons. The van der Waals surface area contributed by atoms with Crippen molar-refractivity contribution >= 4 is 35.3 Å². The van der Waals surface area contributed by atoms with Gasteiger partial charge in [0.25, 0.3) is 0 Å². The molecule has 0 aromatic heterocycles. The van der Waals surface area contributed by atoms with E-state index in [1.165, 1.54) is 6.21 Å². The Labute approximate surface area is 174 Å². The van der Waals surface area contributed by atoms with Gasteiger partial charge in [-0.1, -0.05) is 30.3 Å². The van der Waals surface area contributed by atoms with Crippen LogP contribution in [0.25, 0.3) is 0 Å². The number of rotatable bonds is 8. The average molecular weight is 416 g/mol. The molecule has 2 N–H and O–H groups in total. The number of nitrogens with zero attached hydrogens (tertiary/aromatic N) is 1. The van der Waals surface area contributed by atoms with Gasteiger partial charge >= 0.3 is 11.8 Å². The molecular formula is C21H22ClN3O4. The highest BCUT2D eigenvalue weighted by Crippen LogP contribution is 2.28. The maximum absolute atomic E-state index is 12.0. The molecule has 0 aliphatic heterocycles. The first-order valence-electron chi connectivity index (χ1n) is 8.85. The van der Waals surface area contributed by atoms with Gasteiger partial charge in [-0.3, -0.25) is 9.59 Å². The second-order valence-electron chi connectivity index (χ2n) is 5.85. The fourth-order valence-corrected chi connectivity index (χ4v) is 2.44. The van der Waals surface area contributed by atoms with E-state index in [1.807, 2.05) is 6.92 Å². The highest BCUT2D eigenvalue weighted by molar-refractivity contribution is 6.40. The molecule has 0 saturated carbocycles. The average Bonchev–Trinajstić information content (AvgIpc) is 2.70. The van der Waals surface area contributed by atoms with Crippen LogP contribution >= 0.6 is 11.6 Å². The number of nitrogens with one attached hydrogen (secondary N) is 2. The number of ether oxygens (including phenoxy) is 2. The molecule has 0 aliphatic carbocycles. The summed E-state index contributed by atoms with van der Waals surface area (Å²) in [5, 5.41) is 6.77. The van der Waals surface area contributed by atoms with E-state index in [0.29, 0.717) is 41.0 Å². The van der Waals surface area contributed by atoms with Gasteiger partial charge in [-0.05, 0) is 55.3 Å². The Bertz CT molecular complexity index is 928. The van der Waals surface area contributed by atoms with Gasteiger partial charge < -0.3 is 14.8 Å². The van der Waals surface area contributed by atoms with E-state index in [4.69, 9.17) is 21.1 Å². The van der Waals surface area contributed by atoms with E-state index in [-0.39, 0.29) is 0 Å². The summed E-state index contributed by atoms with van der Waals surface area (Å²) in [6.07, 6.45) is 3.03. The number of hydrogen-bond acceptors (Lipinski definition) is 5. The van der Waals surface area contributed by atoms with Crippen molar-refractivity contribution in [2.75, 3.05) is 18.5 Å². The van der Waals surface area contributed by atoms with Gasteiger partial charge in [0.15, 0.2) is 11.5 Å². The number of amides is 2. The molecule has 0 aliphatic rings. The highest BCUT2D eigenvalue weighted by atomic mass is 35.5. The minimum atomic E-state index is -0.906. The second-order valence-corrected chi connectivity index (χ2v) is 6.29. The third kappa shape index (κ3) is 6.65. The maximum Gasteiger partial charge on any atom is 0.329 e. The van der Waals surface area contributed by atoms with Crippen LogP contribution in [0.5, 0.6) is 11.5 Å². The number of hydrogen-bond donors (Lipinski definition) is 2. The Kier molecular flexibility index (Phi) is 8.24. The summed E-state index contributed by atoms with van der Waals surface area (Å²) in [4.78, 5) is 24.0. The van der Waals surface area contributed by atoms with Crippen LogP contribution in [-0.2, 0) is 9.59 Å². The van der Waals surface area contributed by atoms with E-state index in [2.05, 4.69) is 22.4 Å². The topological polar surface area (TPSA) is 89.0 Å². The molecule has 0 unspecified atom stereocenters. The first kappa shape index (κ1) is 22.0. The maximum atomic E-state index is 12.0. The van der Waals surface area contributed by atoms with Crippen LogP contribution in [-0.4, -0.2) is 31.2 Å². The molecule has 0 saturated heterocycles. The summed E-state index contributed by atoms with van der Waals surface area (Å²) in [7, 11) is 0. The van der Waals surface area contributed by atoms with Crippen LogP contribution < -0.4 is 20.2 Å². The molecule has 2 amide bonds. The zero-order chi connectivity index (χ0) is 21.2. The molecule has 0 atom stereocenters. The molecule has 29 heavy (non-hydrogen) atoms. The quantitative estimate of drug-likeness (QED) is 0.298. The normalized spacial score (nSPS) is 10.4. The van der Waals surface area contributed by atoms with E-state index >= 15 is 0 Å². The van der Waals surface area contributed by atoms with Gasteiger partial charge in [-0.25, -0.2) is 5.43 Å². The minimum Gasteiger partial charge on any atom is -0.490 e. The van der Waals surface area contributed by atoms with E-state index < -0.39 is 11.8 Å². The summed E-state index contributed by atoms with van der Waals surface area (Å²) < 4.78 is 11.1. The standard InChI is InChI=1S/C21H22ClN3O4/c1-4-10-29-18-9-7-15(11-19(18)28-5-2)13-23-25-21(27)20(26)24-17-12-16(22)8-6-14(17)3/h4,6-9,11-13H,1,5,10H2,2-3H3,(H,24,26)(H,25,27)/b23-13+. The molecule has 2 rings (SSSR count). The lowest BCUT2D eigenvalue weighted by Crippen LogP contribution is -2.32. The van der Waals surface area contributed by atoms with Crippen LogP contribution in [0.2, 0.25) is 5.02 Å². The van der Waals surface area contributed by atoms with E-state index in [9.17, 15) is 9.59 Å². The lowest BCUT2D eigenvalue weighted by atomic mass is 10.2. The number of hydrazone groups is 1.